The van der Waals surface area contributed by atoms with Gasteiger partial charge in [0.1, 0.15) is 24.0 Å². The van der Waals surface area contributed by atoms with Gasteiger partial charge < -0.3 is 25.6 Å². The number of aliphatic hydroxyl groups is 1. The second-order valence-corrected chi connectivity index (χ2v) is 5.98. The molecule has 0 aliphatic carbocycles. The molecule has 27 heavy (non-hydrogen) atoms. The minimum Gasteiger partial charge on any atom is -0.490 e. The number of hydrogen-bond acceptors (Lipinski definition) is 5. The number of benzene rings is 2. The summed E-state index contributed by atoms with van der Waals surface area (Å²) in [5.41, 5.74) is 1.01. The average Bonchev–Trinajstić information content (AvgIpc) is 2.67. The van der Waals surface area contributed by atoms with Crippen molar-refractivity contribution in [3.63, 3.8) is 0 Å². The topological polar surface area (TPSA) is 108 Å². The van der Waals surface area contributed by atoms with Crippen LogP contribution in [0, 0.1) is 0 Å². The summed E-state index contributed by atoms with van der Waals surface area (Å²) in [7, 11) is 0. The van der Waals surface area contributed by atoms with Gasteiger partial charge in [0, 0.05) is 19.6 Å². The van der Waals surface area contributed by atoms with E-state index >= 15 is 0 Å². The number of carbonyl (C=O) groups excluding carboxylic acids is 1. The molecule has 7 nitrogen and oxygen atoms in total. The van der Waals surface area contributed by atoms with Gasteiger partial charge in [-0.25, -0.2) is 4.79 Å². The lowest BCUT2D eigenvalue weighted by Crippen LogP contribution is -2.37. The summed E-state index contributed by atoms with van der Waals surface area (Å²) < 4.78 is 5.38. The fraction of sp³-hybridized carbons (Fsp3) is 0.300. The molecular formula is C20H24N2O5. The van der Waals surface area contributed by atoms with Gasteiger partial charge in [0.25, 0.3) is 0 Å². The Morgan fingerprint density at radius 3 is 2.44 bits per heavy atom. The number of carbonyl (C=O) groups is 2. The zero-order valence-corrected chi connectivity index (χ0v) is 14.9. The molecule has 0 saturated heterocycles. The average molecular weight is 372 g/mol. The molecule has 4 N–H and O–H groups in total. The standard InChI is InChI=1S/C20H24N2O5/c23-16(14-27-18-9-5-4-8-17(18)20(25)26)13-21-10-11-22-19(24)12-15-6-2-1-3-7-15/h1-9,16,21,23H,10-14H2,(H,22,24)(H,25,26). The lowest BCUT2D eigenvalue weighted by atomic mass is 10.1. The Balaban J connectivity index is 1.59. The van der Waals surface area contributed by atoms with Crippen molar-refractivity contribution in [3.05, 3.63) is 65.7 Å². The Kier molecular flexibility index (Phi) is 8.28. The molecule has 0 aliphatic rings. The number of nitrogens with one attached hydrogen (secondary N) is 2. The van der Waals surface area contributed by atoms with Gasteiger partial charge in [-0.15, -0.1) is 0 Å². The van der Waals surface area contributed by atoms with Gasteiger partial charge in [-0.1, -0.05) is 42.5 Å². The van der Waals surface area contributed by atoms with Crippen LogP contribution < -0.4 is 15.4 Å². The maximum absolute atomic E-state index is 11.8. The molecule has 0 heterocycles. The van der Waals surface area contributed by atoms with Gasteiger partial charge in [0.2, 0.25) is 5.91 Å². The molecule has 2 aromatic carbocycles. The first kappa shape index (κ1) is 20.4. The first-order chi connectivity index (χ1) is 13.1. The van der Waals surface area contributed by atoms with Crippen LogP contribution in [0.1, 0.15) is 15.9 Å². The number of aliphatic hydroxyl groups excluding tert-OH is 1. The maximum Gasteiger partial charge on any atom is 0.339 e. The summed E-state index contributed by atoms with van der Waals surface area (Å²) in [6.07, 6.45) is -0.466. The maximum atomic E-state index is 11.8. The second kappa shape index (κ2) is 10.9. The predicted molar refractivity (Wildman–Crippen MR) is 101 cm³/mol. The highest BCUT2D eigenvalue weighted by atomic mass is 16.5. The van der Waals surface area contributed by atoms with Crippen molar-refractivity contribution in [1.29, 1.82) is 0 Å². The van der Waals surface area contributed by atoms with Crippen LogP contribution in [0.3, 0.4) is 0 Å². The van der Waals surface area contributed by atoms with Crippen molar-refractivity contribution in [2.24, 2.45) is 0 Å². The summed E-state index contributed by atoms with van der Waals surface area (Å²) in [5, 5.41) is 24.8. The fourth-order valence-corrected chi connectivity index (χ4v) is 2.42. The van der Waals surface area contributed by atoms with E-state index in [4.69, 9.17) is 9.84 Å². The zero-order chi connectivity index (χ0) is 19.5. The third-order valence-electron chi connectivity index (χ3n) is 3.76. The van der Waals surface area contributed by atoms with Crippen molar-refractivity contribution in [2.75, 3.05) is 26.2 Å². The quantitative estimate of drug-likeness (QED) is 0.440. The Labute approximate surface area is 158 Å². The molecular weight excluding hydrogens is 348 g/mol. The molecule has 1 atom stereocenters. The minimum absolute atomic E-state index is 0.0301. The Bertz CT molecular complexity index is 736. The monoisotopic (exact) mass is 372 g/mol. The zero-order valence-electron chi connectivity index (χ0n) is 14.9. The van der Waals surface area contributed by atoms with Crippen LogP contribution >= 0.6 is 0 Å². The lowest BCUT2D eigenvalue weighted by molar-refractivity contribution is -0.120. The highest BCUT2D eigenvalue weighted by molar-refractivity contribution is 5.90. The first-order valence-electron chi connectivity index (χ1n) is 8.71. The Morgan fingerprint density at radius 2 is 1.70 bits per heavy atom. The van der Waals surface area contributed by atoms with Crippen LogP contribution in [0.15, 0.2) is 54.6 Å². The van der Waals surface area contributed by atoms with Gasteiger partial charge in [-0.2, -0.15) is 0 Å². The predicted octanol–water partition coefficient (Wildman–Crippen LogP) is 1.07. The van der Waals surface area contributed by atoms with Crippen molar-refractivity contribution in [2.45, 2.75) is 12.5 Å². The molecule has 0 spiro atoms. The number of hydrogen-bond donors (Lipinski definition) is 4. The van der Waals surface area contributed by atoms with Crippen molar-refractivity contribution in [1.82, 2.24) is 10.6 Å². The summed E-state index contributed by atoms with van der Waals surface area (Å²) in [6.45, 7) is 1.19. The first-order valence-corrected chi connectivity index (χ1v) is 8.71. The molecule has 0 fully saturated rings. The third kappa shape index (κ3) is 7.47. The number of ether oxygens (including phenoxy) is 1. The Morgan fingerprint density at radius 1 is 1.00 bits per heavy atom. The van der Waals surface area contributed by atoms with E-state index in [1.807, 2.05) is 30.3 Å². The molecule has 0 saturated carbocycles. The number of carboxylic acids is 1. The molecule has 0 bridgehead atoms. The highest BCUT2D eigenvalue weighted by Crippen LogP contribution is 2.17. The second-order valence-electron chi connectivity index (χ2n) is 5.98. The van der Waals surface area contributed by atoms with Gasteiger partial charge in [0.05, 0.1) is 6.42 Å². The molecule has 0 aliphatic heterocycles. The summed E-state index contributed by atoms with van der Waals surface area (Å²) in [4.78, 5) is 22.9. The van der Waals surface area contributed by atoms with Crippen LogP contribution in [0.25, 0.3) is 0 Å². The SMILES string of the molecule is O=C(Cc1ccccc1)NCCNCC(O)COc1ccccc1C(=O)O. The smallest absolute Gasteiger partial charge is 0.339 e. The molecule has 1 amide bonds. The van der Waals surface area contributed by atoms with E-state index in [0.29, 0.717) is 19.5 Å². The normalized spacial score (nSPS) is 11.6. The fourth-order valence-electron chi connectivity index (χ4n) is 2.42. The number of aromatic carboxylic acids is 1. The largest absolute Gasteiger partial charge is 0.490 e. The molecule has 2 rings (SSSR count). The van der Waals surface area contributed by atoms with Crippen molar-refractivity contribution in [3.8, 4) is 5.75 Å². The van der Waals surface area contributed by atoms with E-state index in [2.05, 4.69) is 10.6 Å². The van der Waals surface area contributed by atoms with Crippen LogP contribution in [-0.4, -0.2) is 54.4 Å². The summed E-state index contributed by atoms with van der Waals surface area (Å²) >= 11 is 0. The molecule has 1 unspecified atom stereocenters. The molecule has 0 aromatic heterocycles. The van der Waals surface area contributed by atoms with Crippen molar-refractivity contribution >= 4 is 11.9 Å². The van der Waals surface area contributed by atoms with Crippen LogP contribution in [0.5, 0.6) is 5.75 Å². The van der Waals surface area contributed by atoms with E-state index < -0.39 is 12.1 Å². The molecule has 2 aromatic rings. The molecule has 0 radical (unpaired) electrons. The minimum atomic E-state index is -1.08. The van der Waals surface area contributed by atoms with Crippen LogP contribution in [0.4, 0.5) is 0 Å². The van der Waals surface area contributed by atoms with E-state index in [1.165, 1.54) is 6.07 Å². The van der Waals surface area contributed by atoms with E-state index in [-0.39, 0.29) is 30.4 Å². The van der Waals surface area contributed by atoms with Gasteiger partial charge in [-0.3, -0.25) is 4.79 Å². The number of carboxylic acid groups (broad SMARTS) is 1. The highest BCUT2D eigenvalue weighted by Gasteiger charge is 2.12. The number of amides is 1. The van der Waals surface area contributed by atoms with E-state index in [1.54, 1.807) is 18.2 Å². The number of rotatable bonds is 11. The van der Waals surface area contributed by atoms with Gasteiger partial charge in [-0.05, 0) is 17.7 Å². The van der Waals surface area contributed by atoms with Crippen LogP contribution in [-0.2, 0) is 11.2 Å². The summed E-state index contributed by atoms with van der Waals surface area (Å²) in [5.74, 6) is -0.918. The summed E-state index contributed by atoms with van der Waals surface area (Å²) in [6, 6.07) is 15.8. The van der Waals surface area contributed by atoms with Crippen molar-refractivity contribution < 1.29 is 24.5 Å². The van der Waals surface area contributed by atoms with Crippen LogP contribution in [0.2, 0.25) is 0 Å². The Hall–Kier alpha value is -2.90. The number of para-hydroxylation sites is 1. The lowest BCUT2D eigenvalue weighted by Gasteiger charge is -2.14. The molecule has 144 valence electrons. The van der Waals surface area contributed by atoms with E-state index in [0.717, 1.165) is 5.56 Å². The molecule has 7 heteroatoms. The van der Waals surface area contributed by atoms with E-state index in [9.17, 15) is 14.7 Å². The van der Waals surface area contributed by atoms with Gasteiger partial charge >= 0.3 is 5.97 Å². The third-order valence-corrected chi connectivity index (χ3v) is 3.76. The van der Waals surface area contributed by atoms with Gasteiger partial charge in [0.15, 0.2) is 0 Å².